The van der Waals surface area contributed by atoms with Crippen LogP contribution in [-0.4, -0.2) is 73.6 Å². The smallest absolute Gasteiger partial charge is 0.328 e. The summed E-state index contributed by atoms with van der Waals surface area (Å²) in [6.07, 6.45) is 0.845. The molecule has 2 aliphatic rings. The van der Waals surface area contributed by atoms with E-state index < -0.39 is 24.1 Å². The molecule has 0 N–H and O–H groups in total. The minimum atomic E-state index is -0.789. The van der Waals surface area contributed by atoms with Crippen molar-refractivity contribution in [1.29, 1.82) is 0 Å². The van der Waals surface area contributed by atoms with Crippen molar-refractivity contribution in [2.75, 3.05) is 28.3 Å². The Morgan fingerprint density at radius 2 is 1.96 bits per heavy atom. The van der Waals surface area contributed by atoms with Gasteiger partial charge in [0.1, 0.15) is 11.5 Å². The maximum absolute atomic E-state index is 12.2. The summed E-state index contributed by atoms with van der Waals surface area (Å²) in [6, 6.07) is 4.06. The molecule has 2 atom stereocenters. The summed E-state index contributed by atoms with van der Waals surface area (Å²) < 4.78 is 10.5. The summed E-state index contributed by atoms with van der Waals surface area (Å²) in [4.78, 5) is 26.7. The number of hydrogen-bond acceptors (Lipinski definition) is 8. The van der Waals surface area contributed by atoms with Gasteiger partial charge >= 0.3 is 6.03 Å². The third kappa shape index (κ3) is 2.75. The Kier molecular flexibility index (Phi) is 4.26. The van der Waals surface area contributed by atoms with Gasteiger partial charge in [-0.1, -0.05) is 5.22 Å². The molecule has 0 bridgehead atoms. The topological polar surface area (TPSA) is 99.4 Å². The number of benzene rings is 1. The molecule has 0 spiro atoms. The van der Waals surface area contributed by atoms with Crippen LogP contribution in [-0.2, 0) is 4.79 Å². The van der Waals surface area contributed by atoms with Gasteiger partial charge in [-0.3, -0.25) is 9.69 Å². The lowest BCUT2D eigenvalue weighted by molar-refractivity contribution is -0.134. The lowest BCUT2D eigenvalue weighted by Crippen LogP contribution is -2.63. The number of methoxy groups -OCH3 is 2. The Balaban J connectivity index is 1.84. The van der Waals surface area contributed by atoms with Crippen molar-refractivity contribution in [3.8, 4) is 11.5 Å². The Morgan fingerprint density at radius 1 is 1.20 bits per heavy atom. The van der Waals surface area contributed by atoms with Gasteiger partial charge < -0.3 is 14.4 Å². The number of rotatable bonds is 4. The molecular weight excluding hydrogens is 328 g/mol. The monoisotopic (exact) mass is 346 g/mol. The normalized spacial score (nSPS) is 22.8. The number of nitrogens with zero attached hydrogens (tertiary/aromatic N) is 6. The summed E-state index contributed by atoms with van der Waals surface area (Å²) in [7, 11) is 6.11. The van der Waals surface area contributed by atoms with Gasteiger partial charge in [-0.05, 0) is 12.1 Å². The highest BCUT2D eigenvalue weighted by Crippen LogP contribution is 2.28. The lowest BCUT2D eigenvalue weighted by atomic mass is 10.1. The van der Waals surface area contributed by atoms with Crippen LogP contribution in [0.4, 0.5) is 4.79 Å². The van der Waals surface area contributed by atoms with Gasteiger partial charge in [0.05, 0.1) is 20.4 Å². The van der Waals surface area contributed by atoms with E-state index in [-0.39, 0.29) is 0 Å². The van der Waals surface area contributed by atoms with Crippen LogP contribution in [0.3, 0.4) is 0 Å². The molecule has 10 heteroatoms. The molecule has 2 heterocycles. The minimum Gasteiger partial charge on any atom is -0.497 e. The van der Waals surface area contributed by atoms with Crippen LogP contribution < -0.4 is 9.47 Å². The van der Waals surface area contributed by atoms with Crippen molar-refractivity contribution < 1.29 is 19.1 Å². The molecule has 1 aromatic carbocycles. The van der Waals surface area contributed by atoms with Gasteiger partial charge in [0.2, 0.25) is 0 Å². The van der Waals surface area contributed by atoms with E-state index in [9.17, 15) is 9.59 Å². The second-order valence-corrected chi connectivity index (χ2v) is 5.53. The highest BCUT2D eigenvalue weighted by Gasteiger charge is 2.50. The van der Waals surface area contributed by atoms with E-state index in [1.807, 2.05) is 0 Å². The molecule has 1 aromatic rings. The SMILES string of the molecule is COc1ccc(C=NN2N=NC3C(=O)N(C)C(=O)N(C)C32)c(OC)c1. The maximum Gasteiger partial charge on any atom is 0.328 e. The fraction of sp³-hybridized carbons (Fsp3) is 0.400. The quantitative estimate of drug-likeness (QED) is 0.756. The minimum absolute atomic E-state index is 0.406. The van der Waals surface area contributed by atoms with Gasteiger partial charge in [-0.2, -0.15) is 10.2 Å². The Labute approximate surface area is 144 Å². The van der Waals surface area contributed by atoms with Crippen molar-refractivity contribution in [1.82, 2.24) is 14.9 Å². The van der Waals surface area contributed by atoms with Gasteiger partial charge in [-0.15, -0.1) is 5.12 Å². The Hall–Kier alpha value is -3.17. The first-order valence-corrected chi connectivity index (χ1v) is 7.48. The van der Waals surface area contributed by atoms with Gasteiger partial charge in [-0.25, -0.2) is 4.79 Å². The van der Waals surface area contributed by atoms with Crippen LogP contribution in [0.5, 0.6) is 11.5 Å². The standard InChI is InChI=1S/C15H18N6O4/c1-19-13-12(14(22)20(2)15(19)23)17-18-21(13)16-8-9-5-6-10(24-3)7-11(9)25-4/h5-8,12-13H,1-4H3. The van der Waals surface area contributed by atoms with E-state index >= 15 is 0 Å². The van der Waals surface area contributed by atoms with Crippen LogP contribution in [0, 0.1) is 0 Å². The predicted octanol–water partition coefficient (Wildman–Crippen LogP) is 0.939. The summed E-state index contributed by atoms with van der Waals surface area (Å²) >= 11 is 0. The molecule has 2 aliphatic heterocycles. The second kappa shape index (κ2) is 6.38. The molecule has 0 aliphatic carbocycles. The van der Waals surface area contributed by atoms with Gasteiger partial charge in [0.15, 0.2) is 12.2 Å². The van der Waals surface area contributed by atoms with E-state index in [2.05, 4.69) is 15.4 Å². The molecule has 1 saturated heterocycles. The molecule has 132 valence electrons. The lowest BCUT2D eigenvalue weighted by Gasteiger charge is -2.37. The molecule has 10 nitrogen and oxygen atoms in total. The van der Waals surface area contributed by atoms with E-state index in [1.54, 1.807) is 39.5 Å². The molecule has 2 unspecified atom stereocenters. The van der Waals surface area contributed by atoms with Crippen LogP contribution in [0.2, 0.25) is 0 Å². The molecule has 25 heavy (non-hydrogen) atoms. The molecule has 3 amide bonds. The average molecular weight is 346 g/mol. The average Bonchev–Trinajstić information content (AvgIpc) is 3.06. The number of ether oxygens (including phenoxy) is 2. The third-order valence-corrected chi connectivity index (χ3v) is 4.11. The Bertz CT molecular complexity index is 764. The van der Waals surface area contributed by atoms with E-state index in [1.165, 1.54) is 23.3 Å². The first kappa shape index (κ1) is 16.7. The second-order valence-electron chi connectivity index (χ2n) is 5.53. The van der Waals surface area contributed by atoms with Crippen molar-refractivity contribution in [3.05, 3.63) is 23.8 Å². The molecular formula is C15H18N6O4. The fourth-order valence-corrected chi connectivity index (χ4v) is 2.67. The predicted molar refractivity (Wildman–Crippen MR) is 87.3 cm³/mol. The number of hydrazone groups is 1. The van der Waals surface area contributed by atoms with Crippen molar-refractivity contribution in [2.45, 2.75) is 12.2 Å². The number of carbonyl (C=O) groups excluding carboxylic acids is 2. The number of carbonyl (C=O) groups is 2. The van der Waals surface area contributed by atoms with Crippen LogP contribution in [0.15, 0.2) is 33.6 Å². The van der Waals surface area contributed by atoms with Crippen molar-refractivity contribution in [3.63, 3.8) is 0 Å². The van der Waals surface area contributed by atoms with Gasteiger partial charge in [0, 0.05) is 25.7 Å². The molecule has 0 saturated carbocycles. The summed E-state index contributed by atoms with van der Waals surface area (Å²) in [5.41, 5.74) is 0.690. The summed E-state index contributed by atoms with van der Waals surface area (Å²) in [5.74, 6) is 0.817. The zero-order chi connectivity index (χ0) is 18.1. The number of hydrogen-bond donors (Lipinski definition) is 0. The number of urea groups is 1. The third-order valence-electron chi connectivity index (χ3n) is 4.11. The highest BCUT2D eigenvalue weighted by molar-refractivity contribution is 6.00. The zero-order valence-electron chi connectivity index (χ0n) is 14.3. The van der Waals surface area contributed by atoms with Crippen LogP contribution >= 0.6 is 0 Å². The maximum atomic E-state index is 12.2. The number of amides is 3. The van der Waals surface area contributed by atoms with Gasteiger partial charge in [0.25, 0.3) is 5.91 Å². The number of likely N-dealkylation sites (N-methyl/N-ethyl adjacent to an activating group) is 2. The molecule has 0 aromatic heterocycles. The molecule has 0 radical (unpaired) electrons. The summed E-state index contributed by atoms with van der Waals surface area (Å²) in [5, 5.41) is 13.3. The number of imide groups is 1. The van der Waals surface area contributed by atoms with Crippen LogP contribution in [0.1, 0.15) is 5.56 Å². The van der Waals surface area contributed by atoms with Crippen molar-refractivity contribution >= 4 is 18.2 Å². The first-order chi connectivity index (χ1) is 12.0. The Morgan fingerprint density at radius 3 is 2.64 bits per heavy atom. The molecule has 3 rings (SSSR count). The first-order valence-electron chi connectivity index (χ1n) is 7.48. The van der Waals surface area contributed by atoms with Crippen molar-refractivity contribution in [2.24, 2.45) is 15.4 Å². The largest absolute Gasteiger partial charge is 0.497 e. The van der Waals surface area contributed by atoms with Crippen LogP contribution in [0.25, 0.3) is 0 Å². The summed E-state index contributed by atoms with van der Waals surface area (Å²) in [6.45, 7) is 0. The van der Waals surface area contributed by atoms with E-state index in [0.29, 0.717) is 17.1 Å². The fourth-order valence-electron chi connectivity index (χ4n) is 2.67. The van der Waals surface area contributed by atoms with E-state index in [4.69, 9.17) is 9.47 Å². The zero-order valence-corrected chi connectivity index (χ0v) is 14.3. The molecule has 1 fully saturated rings. The number of fused-ring (bicyclic) bond motifs is 1. The highest BCUT2D eigenvalue weighted by atomic mass is 16.5. The van der Waals surface area contributed by atoms with E-state index in [0.717, 1.165) is 4.90 Å².